The lowest BCUT2D eigenvalue weighted by Crippen LogP contribution is -2.26. The second-order valence-electron chi connectivity index (χ2n) is 2.64. The maximum atomic E-state index is 11.2. The molecule has 0 aliphatic heterocycles. The van der Waals surface area contributed by atoms with Crippen molar-refractivity contribution in [1.82, 2.24) is 30.4 Å². The Hall–Kier alpha value is -2.45. The minimum absolute atomic E-state index is 0.0194. The lowest BCUT2D eigenvalue weighted by Gasteiger charge is -1.99. The second kappa shape index (κ2) is 3.74. The molecule has 15 heavy (non-hydrogen) atoms. The van der Waals surface area contributed by atoms with E-state index in [9.17, 15) is 9.59 Å². The standard InChI is InChI=1S/C6H7N7O2/c14-5-4(12-13-6(15)10-5)7-1-3-8-2-9-11-3/h2H,1H2,(H,7,12)(H,8,9,11)(H2,10,13,14,15). The van der Waals surface area contributed by atoms with Crippen molar-refractivity contribution in [2.24, 2.45) is 0 Å². The van der Waals surface area contributed by atoms with Gasteiger partial charge in [0.2, 0.25) is 5.82 Å². The third-order valence-electron chi connectivity index (χ3n) is 1.60. The van der Waals surface area contributed by atoms with Crippen molar-refractivity contribution in [3.8, 4) is 0 Å². The molecule has 9 heteroatoms. The Kier molecular flexibility index (Phi) is 2.27. The summed E-state index contributed by atoms with van der Waals surface area (Å²) in [6, 6.07) is 0. The molecule has 2 aromatic heterocycles. The first-order valence-corrected chi connectivity index (χ1v) is 4.03. The van der Waals surface area contributed by atoms with Crippen LogP contribution >= 0.6 is 0 Å². The normalized spacial score (nSPS) is 10.1. The smallest absolute Gasteiger partial charge is 0.342 e. The molecule has 0 spiro atoms. The minimum atomic E-state index is -0.648. The van der Waals surface area contributed by atoms with Crippen LogP contribution in [0.3, 0.4) is 0 Å². The topological polar surface area (TPSA) is 132 Å². The van der Waals surface area contributed by atoms with Gasteiger partial charge in [0.25, 0.3) is 5.56 Å². The van der Waals surface area contributed by atoms with E-state index in [1.54, 1.807) is 0 Å². The summed E-state index contributed by atoms with van der Waals surface area (Å²) in [7, 11) is 0. The fourth-order valence-corrected chi connectivity index (χ4v) is 0.951. The number of H-pyrrole nitrogens is 3. The van der Waals surface area contributed by atoms with Crippen molar-refractivity contribution in [2.75, 3.05) is 5.32 Å². The molecule has 0 aliphatic carbocycles. The van der Waals surface area contributed by atoms with E-state index in [2.05, 4.69) is 30.7 Å². The van der Waals surface area contributed by atoms with Crippen LogP contribution < -0.4 is 16.6 Å². The molecular weight excluding hydrogens is 202 g/mol. The van der Waals surface area contributed by atoms with Gasteiger partial charge in [-0.05, 0) is 0 Å². The number of anilines is 1. The fraction of sp³-hybridized carbons (Fsp3) is 0.167. The van der Waals surface area contributed by atoms with Gasteiger partial charge in [-0.3, -0.25) is 14.9 Å². The van der Waals surface area contributed by atoms with Crippen LogP contribution in [-0.2, 0) is 6.54 Å². The van der Waals surface area contributed by atoms with Gasteiger partial charge in [0.1, 0.15) is 12.2 Å². The number of aromatic amines is 3. The van der Waals surface area contributed by atoms with E-state index in [1.807, 2.05) is 4.98 Å². The van der Waals surface area contributed by atoms with Gasteiger partial charge in [-0.1, -0.05) is 0 Å². The maximum Gasteiger partial charge on any atom is 0.342 e. The first-order chi connectivity index (χ1) is 7.25. The van der Waals surface area contributed by atoms with Gasteiger partial charge in [-0.2, -0.15) is 5.10 Å². The van der Waals surface area contributed by atoms with Crippen LogP contribution in [0.5, 0.6) is 0 Å². The van der Waals surface area contributed by atoms with Gasteiger partial charge >= 0.3 is 5.69 Å². The number of nitrogens with zero attached hydrogens (tertiary/aromatic N) is 3. The Bertz CT molecular complexity index is 539. The maximum absolute atomic E-state index is 11.2. The monoisotopic (exact) mass is 209 g/mol. The summed E-state index contributed by atoms with van der Waals surface area (Å²) < 4.78 is 0. The van der Waals surface area contributed by atoms with Crippen molar-refractivity contribution in [3.05, 3.63) is 33.0 Å². The van der Waals surface area contributed by atoms with E-state index < -0.39 is 11.2 Å². The molecule has 2 heterocycles. The molecule has 4 N–H and O–H groups in total. The van der Waals surface area contributed by atoms with Crippen molar-refractivity contribution >= 4 is 5.82 Å². The predicted octanol–water partition coefficient (Wildman–Crippen LogP) is -1.81. The molecule has 2 rings (SSSR count). The van der Waals surface area contributed by atoms with Crippen LogP contribution in [0.4, 0.5) is 5.82 Å². The molecular formula is C6H7N7O2. The SMILES string of the molecule is O=c1[nH]nc(NCc2ncn[nH]2)c(=O)[nH]1. The first-order valence-electron chi connectivity index (χ1n) is 4.03. The molecule has 0 radical (unpaired) electrons. The summed E-state index contributed by atoms with van der Waals surface area (Å²) in [5.74, 6) is 0.577. The lowest BCUT2D eigenvalue weighted by molar-refractivity contribution is 0.869. The summed E-state index contributed by atoms with van der Waals surface area (Å²) in [5.41, 5.74) is -1.23. The molecule has 0 fully saturated rings. The Morgan fingerprint density at radius 1 is 1.33 bits per heavy atom. The van der Waals surface area contributed by atoms with Crippen LogP contribution in [0.1, 0.15) is 5.82 Å². The van der Waals surface area contributed by atoms with Crippen LogP contribution in [0.25, 0.3) is 0 Å². The number of hydrogen-bond acceptors (Lipinski definition) is 6. The zero-order valence-electron chi connectivity index (χ0n) is 7.44. The van der Waals surface area contributed by atoms with Crippen molar-refractivity contribution in [1.29, 1.82) is 0 Å². The van der Waals surface area contributed by atoms with E-state index in [4.69, 9.17) is 0 Å². The predicted molar refractivity (Wildman–Crippen MR) is 49.2 cm³/mol. The molecule has 0 amide bonds. The highest BCUT2D eigenvalue weighted by Crippen LogP contribution is 1.91. The molecule has 0 atom stereocenters. The highest BCUT2D eigenvalue weighted by molar-refractivity contribution is 5.28. The summed E-state index contributed by atoms with van der Waals surface area (Å²) in [4.78, 5) is 27.7. The number of hydrogen-bond donors (Lipinski definition) is 4. The van der Waals surface area contributed by atoms with E-state index in [-0.39, 0.29) is 12.4 Å². The average Bonchev–Trinajstić information content (AvgIpc) is 2.69. The highest BCUT2D eigenvalue weighted by Gasteiger charge is 2.02. The Balaban J connectivity index is 2.12. The van der Waals surface area contributed by atoms with Crippen LogP contribution in [-0.4, -0.2) is 30.4 Å². The molecule has 9 nitrogen and oxygen atoms in total. The molecule has 0 bridgehead atoms. The largest absolute Gasteiger partial charge is 0.357 e. The minimum Gasteiger partial charge on any atom is -0.357 e. The van der Waals surface area contributed by atoms with Crippen molar-refractivity contribution < 1.29 is 0 Å². The van der Waals surface area contributed by atoms with Gasteiger partial charge in [0.15, 0.2) is 0 Å². The molecule has 0 aliphatic rings. The Morgan fingerprint density at radius 3 is 2.87 bits per heavy atom. The van der Waals surface area contributed by atoms with Crippen molar-refractivity contribution in [2.45, 2.75) is 6.54 Å². The summed E-state index contributed by atoms with van der Waals surface area (Å²) >= 11 is 0. The number of aromatic nitrogens is 6. The molecule has 0 saturated heterocycles. The number of rotatable bonds is 3. The average molecular weight is 209 g/mol. The highest BCUT2D eigenvalue weighted by atomic mass is 16.2. The Labute approximate surface area is 82.0 Å². The van der Waals surface area contributed by atoms with Gasteiger partial charge in [0.05, 0.1) is 6.54 Å². The molecule has 78 valence electrons. The molecule has 0 unspecified atom stereocenters. The Morgan fingerprint density at radius 2 is 2.20 bits per heavy atom. The van der Waals surface area contributed by atoms with E-state index in [0.717, 1.165) is 0 Å². The van der Waals surface area contributed by atoms with Gasteiger partial charge < -0.3 is 5.32 Å². The first kappa shape index (κ1) is 9.12. The fourth-order valence-electron chi connectivity index (χ4n) is 0.951. The zero-order valence-corrected chi connectivity index (χ0v) is 7.44. The second-order valence-corrected chi connectivity index (χ2v) is 2.64. The van der Waals surface area contributed by atoms with E-state index in [1.165, 1.54) is 6.33 Å². The third-order valence-corrected chi connectivity index (χ3v) is 1.60. The zero-order chi connectivity index (χ0) is 10.7. The molecule has 0 aromatic carbocycles. The van der Waals surface area contributed by atoms with Crippen LogP contribution in [0, 0.1) is 0 Å². The van der Waals surface area contributed by atoms with Crippen molar-refractivity contribution in [3.63, 3.8) is 0 Å². The van der Waals surface area contributed by atoms with E-state index in [0.29, 0.717) is 5.82 Å². The summed E-state index contributed by atoms with van der Waals surface area (Å²) in [6.45, 7) is 0.266. The van der Waals surface area contributed by atoms with Crippen LogP contribution in [0.2, 0.25) is 0 Å². The van der Waals surface area contributed by atoms with E-state index >= 15 is 0 Å². The molecule has 2 aromatic rings. The number of nitrogens with one attached hydrogen (secondary N) is 4. The third kappa shape index (κ3) is 2.07. The molecule has 0 saturated carbocycles. The van der Waals surface area contributed by atoms with Gasteiger partial charge in [-0.15, -0.1) is 5.10 Å². The van der Waals surface area contributed by atoms with Crippen LogP contribution in [0.15, 0.2) is 15.9 Å². The van der Waals surface area contributed by atoms with Gasteiger partial charge in [-0.25, -0.2) is 14.9 Å². The quantitative estimate of drug-likeness (QED) is 0.471. The summed E-state index contributed by atoms with van der Waals surface area (Å²) in [5, 5.41) is 14.5. The van der Waals surface area contributed by atoms with Gasteiger partial charge in [0, 0.05) is 0 Å². The summed E-state index contributed by atoms with van der Waals surface area (Å²) in [6.07, 6.45) is 1.35. The lowest BCUT2D eigenvalue weighted by atomic mass is 10.5.